The van der Waals surface area contributed by atoms with Crippen LogP contribution in [0.1, 0.15) is 37.5 Å². The smallest absolute Gasteiger partial charge is 0.274 e. The lowest BCUT2D eigenvalue weighted by molar-refractivity contribution is 0.0950. The summed E-state index contributed by atoms with van der Waals surface area (Å²) in [6, 6.07) is 16.2. The quantitative estimate of drug-likeness (QED) is 0.668. The third-order valence-electron chi connectivity index (χ3n) is 4.23. The molecule has 0 fully saturated rings. The van der Waals surface area contributed by atoms with Crippen molar-refractivity contribution in [2.75, 3.05) is 5.32 Å². The molecule has 0 atom stereocenters. The van der Waals surface area contributed by atoms with Gasteiger partial charge in [0.25, 0.3) is 11.8 Å². The van der Waals surface area contributed by atoms with Crippen molar-refractivity contribution in [1.82, 2.24) is 10.3 Å². The minimum atomic E-state index is -0.390. The Morgan fingerprint density at radius 1 is 1.00 bits per heavy atom. The molecule has 2 amide bonds. The molecule has 0 aliphatic carbocycles. The molecular formula is C22H20ClN3O2. The van der Waals surface area contributed by atoms with E-state index >= 15 is 0 Å². The van der Waals surface area contributed by atoms with E-state index in [1.807, 2.05) is 38.1 Å². The maximum Gasteiger partial charge on any atom is 0.274 e. The third-order valence-corrected chi connectivity index (χ3v) is 4.46. The van der Waals surface area contributed by atoms with Gasteiger partial charge in [0.05, 0.1) is 0 Å². The van der Waals surface area contributed by atoms with Crippen LogP contribution in [0, 0.1) is 13.8 Å². The van der Waals surface area contributed by atoms with Crippen LogP contribution in [0.3, 0.4) is 0 Å². The second kappa shape index (κ2) is 8.67. The lowest BCUT2D eigenvalue weighted by Gasteiger charge is -2.10. The fraction of sp³-hybridized carbons (Fsp3) is 0.136. The zero-order valence-electron chi connectivity index (χ0n) is 15.6. The van der Waals surface area contributed by atoms with Crippen molar-refractivity contribution >= 4 is 29.1 Å². The van der Waals surface area contributed by atoms with Crippen LogP contribution in [-0.2, 0) is 6.54 Å². The molecule has 0 saturated heterocycles. The predicted octanol–water partition coefficient (Wildman–Crippen LogP) is 4.53. The van der Waals surface area contributed by atoms with Gasteiger partial charge in [-0.05, 0) is 55.3 Å². The number of nitrogens with zero attached hydrogens (tertiary/aromatic N) is 1. The molecule has 0 unspecified atom stereocenters. The van der Waals surface area contributed by atoms with Gasteiger partial charge in [0, 0.05) is 29.0 Å². The molecular weight excluding hydrogens is 374 g/mol. The first-order valence-electron chi connectivity index (χ1n) is 8.79. The van der Waals surface area contributed by atoms with E-state index in [1.165, 1.54) is 12.3 Å². The van der Waals surface area contributed by atoms with Crippen LogP contribution < -0.4 is 10.6 Å². The van der Waals surface area contributed by atoms with Crippen molar-refractivity contribution in [2.24, 2.45) is 0 Å². The summed E-state index contributed by atoms with van der Waals surface area (Å²) in [7, 11) is 0. The zero-order chi connectivity index (χ0) is 20.1. The number of benzene rings is 2. The number of carbonyl (C=O) groups is 2. The molecule has 0 saturated carbocycles. The highest BCUT2D eigenvalue weighted by atomic mass is 35.5. The molecule has 1 heterocycles. The van der Waals surface area contributed by atoms with Gasteiger partial charge in [-0.15, -0.1) is 0 Å². The number of aryl methyl sites for hydroxylation is 2. The number of nitrogens with one attached hydrogen (secondary N) is 2. The molecule has 5 nitrogen and oxygen atoms in total. The summed E-state index contributed by atoms with van der Waals surface area (Å²) >= 11 is 5.94. The number of pyridine rings is 1. The Hall–Kier alpha value is -3.18. The van der Waals surface area contributed by atoms with Gasteiger partial charge in [0.15, 0.2) is 0 Å². The van der Waals surface area contributed by atoms with E-state index in [2.05, 4.69) is 15.6 Å². The first-order valence-corrected chi connectivity index (χ1v) is 9.17. The minimum absolute atomic E-state index is 0.164. The number of anilines is 1. The third kappa shape index (κ3) is 4.96. The molecule has 6 heteroatoms. The van der Waals surface area contributed by atoms with E-state index in [-0.39, 0.29) is 11.6 Å². The van der Waals surface area contributed by atoms with Gasteiger partial charge < -0.3 is 10.6 Å². The zero-order valence-corrected chi connectivity index (χ0v) is 16.4. The first-order chi connectivity index (χ1) is 13.4. The summed E-state index contributed by atoms with van der Waals surface area (Å²) in [5, 5.41) is 6.25. The molecule has 0 radical (unpaired) electrons. The Kier molecular flexibility index (Phi) is 6.06. The van der Waals surface area contributed by atoms with Gasteiger partial charge in [-0.25, -0.2) is 0 Å². The van der Waals surface area contributed by atoms with Crippen LogP contribution in [0.15, 0.2) is 60.8 Å². The maximum atomic E-state index is 12.5. The summed E-state index contributed by atoms with van der Waals surface area (Å²) in [5.41, 5.74) is 4.17. The monoisotopic (exact) mass is 393 g/mol. The van der Waals surface area contributed by atoms with Gasteiger partial charge >= 0.3 is 0 Å². The SMILES string of the molecule is Cc1cccc(CNC(=O)c2ccnc(C(=O)Nc3ccc(Cl)cc3C)c2)c1. The standard InChI is InChI=1S/C22H20ClN3O2/c1-14-4-3-5-16(10-14)13-25-21(27)17-8-9-24-20(12-17)22(28)26-19-7-6-18(23)11-15(19)2/h3-12H,13H2,1-2H3,(H,25,27)(H,26,28). The Labute approximate surface area is 168 Å². The Balaban J connectivity index is 1.68. The maximum absolute atomic E-state index is 12.5. The highest BCUT2D eigenvalue weighted by Crippen LogP contribution is 2.20. The Bertz CT molecular complexity index is 1030. The minimum Gasteiger partial charge on any atom is -0.348 e. The fourth-order valence-corrected chi connectivity index (χ4v) is 2.98. The van der Waals surface area contributed by atoms with Crippen LogP contribution in [0.5, 0.6) is 0 Å². The molecule has 3 rings (SSSR count). The van der Waals surface area contributed by atoms with Gasteiger partial charge in [-0.2, -0.15) is 0 Å². The number of halogens is 1. The van der Waals surface area contributed by atoms with E-state index in [4.69, 9.17) is 11.6 Å². The van der Waals surface area contributed by atoms with Crippen molar-refractivity contribution < 1.29 is 9.59 Å². The fourth-order valence-electron chi connectivity index (χ4n) is 2.76. The number of hydrogen-bond acceptors (Lipinski definition) is 3. The van der Waals surface area contributed by atoms with Gasteiger partial charge in [-0.3, -0.25) is 14.6 Å². The van der Waals surface area contributed by atoms with Crippen LogP contribution in [0.2, 0.25) is 5.02 Å². The Morgan fingerprint density at radius 2 is 1.82 bits per heavy atom. The molecule has 0 aliphatic rings. The molecule has 2 N–H and O–H groups in total. The van der Waals surface area contributed by atoms with Crippen molar-refractivity contribution in [3.05, 3.63) is 93.8 Å². The van der Waals surface area contributed by atoms with Crippen molar-refractivity contribution in [2.45, 2.75) is 20.4 Å². The molecule has 3 aromatic rings. The van der Waals surface area contributed by atoms with Gasteiger partial charge in [-0.1, -0.05) is 41.4 Å². The average Bonchev–Trinajstić information content (AvgIpc) is 2.68. The van der Waals surface area contributed by atoms with E-state index < -0.39 is 5.91 Å². The molecule has 1 aromatic heterocycles. The normalized spacial score (nSPS) is 10.4. The summed E-state index contributed by atoms with van der Waals surface area (Å²) in [6.45, 7) is 4.26. The van der Waals surface area contributed by atoms with Crippen LogP contribution >= 0.6 is 11.6 Å². The molecule has 0 spiro atoms. The summed E-state index contributed by atoms with van der Waals surface area (Å²) < 4.78 is 0. The van der Waals surface area contributed by atoms with Crippen LogP contribution in [-0.4, -0.2) is 16.8 Å². The molecule has 28 heavy (non-hydrogen) atoms. The van der Waals surface area contributed by atoms with E-state index in [9.17, 15) is 9.59 Å². The van der Waals surface area contributed by atoms with Gasteiger partial charge in [0.2, 0.25) is 0 Å². The van der Waals surface area contributed by atoms with E-state index in [0.717, 1.165) is 16.7 Å². The molecule has 2 aromatic carbocycles. The van der Waals surface area contributed by atoms with E-state index in [0.29, 0.717) is 22.8 Å². The van der Waals surface area contributed by atoms with E-state index in [1.54, 1.807) is 24.3 Å². The summed E-state index contributed by atoms with van der Waals surface area (Å²) in [6.07, 6.45) is 1.45. The lowest BCUT2D eigenvalue weighted by Crippen LogP contribution is -2.23. The number of hydrogen-bond donors (Lipinski definition) is 2. The number of amides is 2. The Morgan fingerprint density at radius 3 is 2.57 bits per heavy atom. The topological polar surface area (TPSA) is 71.1 Å². The number of aromatic nitrogens is 1. The lowest BCUT2D eigenvalue weighted by atomic mass is 10.1. The average molecular weight is 394 g/mol. The second-order valence-electron chi connectivity index (χ2n) is 6.51. The highest BCUT2D eigenvalue weighted by Gasteiger charge is 2.13. The molecule has 0 bridgehead atoms. The number of carbonyl (C=O) groups excluding carboxylic acids is 2. The van der Waals surface area contributed by atoms with Crippen molar-refractivity contribution in [3.8, 4) is 0 Å². The van der Waals surface area contributed by atoms with Gasteiger partial charge in [0.1, 0.15) is 5.69 Å². The molecule has 0 aliphatic heterocycles. The summed E-state index contributed by atoms with van der Waals surface area (Å²) in [5.74, 6) is -0.653. The van der Waals surface area contributed by atoms with Crippen molar-refractivity contribution in [1.29, 1.82) is 0 Å². The first kappa shape index (κ1) is 19.6. The summed E-state index contributed by atoms with van der Waals surface area (Å²) in [4.78, 5) is 29.0. The predicted molar refractivity (Wildman–Crippen MR) is 111 cm³/mol. The number of rotatable bonds is 5. The molecule has 142 valence electrons. The van der Waals surface area contributed by atoms with Crippen molar-refractivity contribution in [3.63, 3.8) is 0 Å². The second-order valence-corrected chi connectivity index (χ2v) is 6.95. The largest absolute Gasteiger partial charge is 0.348 e. The highest BCUT2D eigenvalue weighted by molar-refractivity contribution is 6.30. The van der Waals surface area contributed by atoms with Crippen LogP contribution in [0.4, 0.5) is 5.69 Å². The van der Waals surface area contributed by atoms with Crippen LogP contribution in [0.25, 0.3) is 0 Å².